The molecule has 2 N–H and O–H groups in total. The molecule has 0 radical (unpaired) electrons. The standard InChI is InChI=1S/C16H13ClN4O2S/c17-10-5-6-13(19-9-10)20-16(24)18-7-8-21-14(22)11-3-1-2-4-12(11)15(21)23/h1-6,9H,7-8H2,(H2,18,19,20,24). The lowest BCUT2D eigenvalue weighted by atomic mass is 10.1. The minimum atomic E-state index is -0.282. The number of imide groups is 1. The van der Waals surface area contributed by atoms with Crippen LogP contribution in [0.3, 0.4) is 0 Å². The predicted molar refractivity (Wildman–Crippen MR) is 95.3 cm³/mol. The van der Waals surface area contributed by atoms with Gasteiger partial charge in [0.1, 0.15) is 5.82 Å². The second-order valence-corrected chi connectivity index (χ2v) is 5.89. The smallest absolute Gasteiger partial charge is 0.261 e. The van der Waals surface area contributed by atoms with E-state index in [1.54, 1.807) is 36.4 Å². The van der Waals surface area contributed by atoms with Crippen molar-refractivity contribution in [3.63, 3.8) is 0 Å². The Hall–Kier alpha value is -2.51. The number of hydrogen-bond acceptors (Lipinski definition) is 4. The molecule has 2 amide bonds. The molecule has 24 heavy (non-hydrogen) atoms. The van der Waals surface area contributed by atoms with Gasteiger partial charge in [0, 0.05) is 19.3 Å². The molecule has 0 unspecified atom stereocenters. The molecular formula is C16H13ClN4O2S. The molecule has 0 bridgehead atoms. The molecule has 1 aromatic heterocycles. The molecule has 8 heteroatoms. The third kappa shape index (κ3) is 3.37. The monoisotopic (exact) mass is 360 g/mol. The van der Waals surface area contributed by atoms with E-state index >= 15 is 0 Å². The second kappa shape index (κ2) is 6.94. The van der Waals surface area contributed by atoms with Crippen molar-refractivity contribution in [2.75, 3.05) is 18.4 Å². The van der Waals surface area contributed by atoms with Crippen LogP contribution in [0.4, 0.5) is 5.82 Å². The van der Waals surface area contributed by atoms with Crippen LogP contribution in [0.5, 0.6) is 0 Å². The van der Waals surface area contributed by atoms with Gasteiger partial charge in [0.15, 0.2) is 5.11 Å². The minimum Gasteiger partial charge on any atom is -0.361 e. The fourth-order valence-electron chi connectivity index (χ4n) is 2.33. The summed E-state index contributed by atoms with van der Waals surface area (Å²) in [5.74, 6) is -0.0103. The van der Waals surface area contributed by atoms with Gasteiger partial charge in [-0.2, -0.15) is 0 Å². The summed E-state index contributed by atoms with van der Waals surface area (Å²) in [6.07, 6.45) is 1.51. The summed E-state index contributed by atoms with van der Waals surface area (Å²) in [4.78, 5) is 29.7. The number of benzene rings is 1. The van der Waals surface area contributed by atoms with E-state index in [1.807, 2.05) is 0 Å². The van der Waals surface area contributed by atoms with Crippen LogP contribution in [0.15, 0.2) is 42.6 Å². The topological polar surface area (TPSA) is 74.3 Å². The lowest BCUT2D eigenvalue weighted by Crippen LogP contribution is -2.39. The summed E-state index contributed by atoms with van der Waals surface area (Å²) < 4.78 is 0. The number of nitrogens with one attached hydrogen (secondary N) is 2. The molecule has 0 spiro atoms. The number of nitrogens with zero attached hydrogens (tertiary/aromatic N) is 2. The van der Waals surface area contributed by atoms with Crippen molar-refractivity contribution in [1.29, 1.82) is 0 Å². The lowest BCUT2D eigenvalue weighted by molar-refractivity contribution is 0.0657. The molecule has 3 rings (SSSR count). The zero-order valence-electron chi connectivity index (χ0n) is 12.5. The molecule has 0 aliphatic carbocycles. The molecule has 6 nitrogen and oxygen atoms in total. The third-order valence-electron chi connectivity index (χ3n) is 3.47. The Kier molecular flexibility index (Phi) is 4.73. The van der Waals surface area contributed by atoms with E-state index in [-0.39, 0.29) is 18.4 Å². The highest BCUT2D eigenvalue weighted by molar-refractivity contribution is 7.80. The zero-order chi connectivity index (χ0) is 17.1. The fraction of sp³-hybridized carbons (Fsp3) is 0.125. The molecular weight excluding hydrogens is 348 g/mol. The predicted octanol–water partition coefficient (Wildman–Crippen LogP) is 2.32. The summed E-state index contributed by atoms with van der Waals surface area (Å²) >= 11 is 10.9. The number of pyridine rings is 1. The number of rotatable bonds is 4. The van der Waals surface area contributed by atoms with E-state index < -0.39 is 0 Å². The van der Waals surface area contributed by atoms with E-state index in [2.05, 4.69) is 15.6 Å². The summed E-state index contributed by atoms with van der Waals surface area (Å²) in [5.41, 5.74) is 0.877. The highest BCUT2D eigenvalue weighted by Crippen LogP contribution is 2.21. The van der Waals surface area contributed by atoms with Crippen molar-refractivity contribution < 1.29 is 9.59 Å². The average Bonchev–Trinajstić information content (AvgIpc) is 2.82. The number of amides is 2. The maximum Gasteiger partial charge on any atom is 0.261 e. The normalized spacial score (nSPS) is 13.0. The van der Waals surface area contributed by atoms with Gasteiger partial charge in [0.2, 0.25) is 0 Å². The molecule has 2 aromatic rings. The van der Waals surface area contributed by atoms with Gasteiger partial charge >= 0.3 is 0 Å². The zero-order valence-corrected chi connectivity index (χ0v) is 14.0. The van der Waals surface area contributed by atoms with Crippen molar-refractivity contribution >= 4 is 46.6 Å². The van der Waals surface area contributed by atoms with Crippen LogP contribution >= 0.6 is 23.8 Å². The molecule has 122 valence electrons. The highest BCUT2D eigenvalue weighted by Gasteiger charge is 2.34. The lowest BCUT2D eigenvalue weighted by Gasteiger charge is -2.15. The first-order valence-electron chi connectivity index (χ1n) is 7.18. The molecule has 0 atom stereocenters. The number of carbonyl (C=O) groups excluding carboxylic acids is 2. The Morgan fingerprint density at radius 3 is 2.38 bits per heavy atom. The van der Waals surface area contributed by atoms with Crippen molar-refractivity contribution in [3.8, 4) is 0 Å². The summed E-state index contributed by atoms with van der Waals surface area (Å²) in [5, 5.41) is 6.72. The van der Waals surface area contributed by atoms with Crippen LogP contribution in [0.25, 0.3) is 0 Å². The molecule has 0 saturated carbocycles. The molecule has 1 aliphatic heterocycles. The second-order valence-electron chi connectivity index (χ2n) is 5.05. The quantitative estimate of drug-likeness (QED) is 0.644. The van der Waals surface area contributed by atoms with Gasteiger partial charge in [-0.15, -0.1) is 0 Å². The van der Waals surface area contributed by atoms with Gasteiger partial charge in [0.05, 0.1) is 16.1 Å². The van der Waals surface area contributed by atoms with Crippen molar-refractivity contribution in [3.05, 3.63) is 58.7 Å². The Labute approximate surface area is 148 Å². The van der Waals surface area contributed by atoms with Crippen LogP contribution in [0, 0.1) is 0 Å². The van der Waals surface area contributed by atoms with Gasteiger partial charge in [-0.05, 0) is 36.5 Å². The molecule has 0 saturated heterocycles. The number of aromatic nitrogens is 1. The number of carbonyl (C=O) groups is 2. The molecule has 0 fully saturated rings. The van der Waals surface area contributed by atoms with E-state index in [4.69, 9.17) is 23.8 Å². The maximum absolute atomic E-state index is 12.2. The van der Waals surface area contributed by atoms with Crippen molar-refractivity contribution in [1.82, 2.24) is 15.2 Å². The maximum atomic E-state index is 12.2. The fourth-order valence-corrected chi connectivity index (χ4v) is 2.65. The Morgan fingerprint density at radius 1 is 1.12 bits per heavy atom. The summed E-state index contributed by atoms with van der Waals surface area (Å²) in [7, 11) is 0. The Morgan fingerprint density at radius 2 is 1.79 bits per heavy atom. The van der Waals surface area contributed by atoms with Crippen LogP contribution in [-0.2, 0) is 0 Å². The van der Waals surface area contributed by atoms with E-state index in [9.17, 15) is 9.59 Å². The van der Waals surface area contributed by atoms with Gasteiger partial charge in [-0.1, -0.05) is 23.7 Å². The van der Waals surface area contributed by atoms with Gasteiger partial charge < -0.3 is 10.6 Å². The van der Waals surface area contributed by atoms with Gasteiger partial charge in [-0.3, -0.25) is 14.5 Å². The Balaban J connectivity index is 1.52. The number of halogens is 1. The van der Waals surface area contributed by atoms with E-state index in [0.717, 1.165) is 0 Å². The number of hydrogen-bond donors (Lipinski definition) is 2. The molecule has 1 aliphatic rings. The first-order valence-corrected chi connectivity index (χ1v) is 7.96. The van der Waals surface area contributed by atoms with E-state index in [1.165, 1.54) is 11.1 Å². The largest absolute Gasteiger partial charge is 0.361 e. The third-order valence-corrected chi connectivity index (χ3v) is 3.94. The summed E-state index contributed by atoms with van der Waals surface area (Å²) in [6, 6.07) is 10.2. The number of thiocarbonyl (C=S) groups is 1. The van der Waals surface area contributed by atoms with Gasteiger partial charge in [-0.25, -0.2) is 4.98 Å². The number of fused-ring (bicyclic) bond motifs is 1. The van der Waals surface area contributed by atoms with Crippen molar-refractivity contribution in [2.45, 2.75) is 0 Å². The first-order chi connectivity index (χ1) is 11.6. The molecule has 2 heterocycles. The molecule has 1 aromatic carbocycles. The van der Waals surface area contributed by atoms with E-state index in [0.29, 0.717) is 33.6 Å². The van der Waals surface area contributed by atoms with Crippen molar-refractivity contribution in [2.24, 2.45) is 0 Å². The average molecular weight is 361 g/mol. The van der Waals surface area contributed by atoms with Gasteiger partial charge in [0.25, 0.3) is 11.8 Å². The Bertz CT molecular complexity index is 775. The van der Waals surface area contributed by atoms with Crippen LogP contribution < -0.4 is 10.6 Å². The summed E-state index contributed by atoms with van der Waals surface area (Å²) in [6.45, 7) is 0.563. The van der Waals surface area contributed by atoms with Crippen LogP contribution in [0.2, 0.25) is 5.02 Å². The van der Waals surface area contributed by atoms with Crippen LogP contribution in [0.1, 0.15) is 20.7 Å². The SMILES string of the molecule is O=C1c2ccccc2C(=O)N1CCNC(=S)Nc1ccc(Cl)cn1. The number of anilines is 1. The minimum absolute atomic E-state index is 0.224. The highest BCUT2D eigenvalue weighted by atomic mass is 35.5. The van der Waals surface area contributed by atoms with Crippen LogP contribution in [-0.4, -0.2) is 39.9 Å². The first kappa shape index (κ1) is 16.4.